The molecule has 1 atom stereocenters. The fourth-order valence-electron chi connectivity index (χ4n) is 0.840. The van der Waals surface area contributed by atoms with Crippen molar-refractivity contribution in [2.75, 3.05) is 13.2 Å². The smallest absolute Gasteiger partial charge is 0.0923 e. The maximum absolute atomic E-state index is 8.77. The van der Waals surface area contributed by atoms with E-state index in [1.165, 1.54) is 6.26 Å². The van der Waals surface area contributed by atoms with Crippen molar-refractivity contribution in [2.45, 2.75) is 19.8 Å². The number of aliphatic hydroxyl groups excluding tert-OH is 1. The van der Waals surface area contributed by atoms with Crippen LogP contribution in [0.5, 0.6) is 0 Å². The molecule has 0 aromatic carbocycles. The summed E-state index contributed by atoms with van der Waals surface area (Å²) in [7, 11) is 0. The molecule has 2 heteroatoms. The van der Waals surface area contributed by atoms with Gasteiger partial charge in [-0.25, -0.2) is 0 Å². The molecule has 0 aliphatic rings. The van der Waals surface area contributed by atoms with Crippen LogP contribution in [0.4, 0.5) is 0 Å². The summed E-state index contributed by atoms with van der Waals surface area (Å²) in [5.74, 6) is 0.281. The third-order valence-electron chi connectivity index (χ3n) is 1.40. The highest BCUT2D eigenvalue weighted by Gasteiger charge is 2.04. The summed E-state index contributed by atoms with van der Waals surface area (Å²) in [5.41, 5.74) is 0. The first-order valence-electron chi connectivity index (χ1n) is 3.68. The second kappa shape index (κ2) is 6.62. The Morgan fingerprint density at radius 1 is 1.70 bits per heavy atom. The van der Waals surface area contributed by atoms with Crippen LogP contribution in [0.15, 0.2) is 12.8 Å². The minimum Gasteiger partial charge on any atom is -0.501 e. The molecule has 0 saturated carbocycles. The topological polar surface area (TPSA) is 29.5 Å². The molecule has 0 saturated heterocycles. The summed E-state index contributed by atoms with van der Waals surface area (Å²) in [5, 5.41) is 8.77. The summed E-state index contributed by atoms with van der Waals surface area (Å²) >= 11 is 0. The predicted molar refractivity (Wildman–Crippen MR) is 41.6 cm³/mol. The van der Waals surface area contributed by atoms with Crippen molar-refractivity contribution < 1.29 is 9.84 Å². The molecule has 2 nitrogen and oxygen atoms in total. The standard InChI is InChI=1S/C8H16O2/c1-3-5-8(6-9)7-10-4-2/h4,8-9H,2-3,5-7H2,1H3. The van der Waals surface area contributed by atoms with Gasteiger partial charge in [-0.3, -0.25) is 0 Å². The largest absolute Gasteiger partial charge is 0.501 e. The van der Waals surface area contributed by atoms with Crippen LogP contribution in [0.25, 0.3) is 0 Å². The maximum atomic E-state index is 8.77. The lowest BCUT2D eigenvalue weighted by Gasteiger charge is -2.11. The van der Waals surface area contributed by atoms with Gasteiger partial charge in [-0.05, 0) is 6.42 Å². The van der Waals surface area contributed by atoms with Crippen molar-refractivity contribution in [1.29, 1.82) is 0 Å². The first-order valence-corrected chi connectivity index (χ1v) is 3.68. The zero-order chi connectivity index (χ0) is 7.82. The van der Waals surface area contributed by atoms with Gasteiger partial charge in [0.2, 0.25) is 0 Å². The zero-order valence-corrected chi connectivity index (χ0v) is 6.55. The molecule has 0 amide bonds. The van der Waals surface area contributed by atoms with E-state index in [0.717, 1.165) is 12.8 Å². The molecule has 10 heavy (non-hydrogen) atoms. The summed E-state index contributed by atoms with van der Waals surface area (Å²) in [6, 6.07) is 0. The number of ether oxygens (including phenoxy) is 1. The van der Waals surface area contributed by atoms with Gasteiger partial charge in [0.15, 0.2) is 0 Å². The summed E-state index contributed by atoms with van der Waals surface area (Å²) in [6.07, 6.45) is 3.52. The van der Waals surface area contributed by atoms with Gasteiger partial charge in [0.05, 0.1) is 12.9 Å². The molecule has 0 aliphatic heterocycles. The van der Waals surface area contributed by atoms with E-state index in [-0.39, 0.29) is 12.5 Å². The molecule has 0 aliphatic carbocycles. The van der Waals surface area contributed by atoms with Crippen LogP contribution in [0.2, 0.25) is 0 Å². The third kappa shape index (κ3) is 4.39. The van der Waals surface area contributed by atoms with E-state index in [4.69, 9.17) is 9.84 Å². The molecule has 60 valence electrons. The van der Waals surface area contributed by atoms with Crippen molar-refractivity contribution in [3.05, 3.63) is 12.8 Å². The van der Waals surface area contributed by atoms with Crippen LogP contribution in [0.3, 0.4) is 0 Å². The minimum absolute atomic E-state index is 0.210. The normalized spacial score (nSPS) is 12.6. The van der Waals surface area contributed by atoms with Crippen molar-refractivity contribution in [3.8, 4) is 0 Å². The van der Waals surface area contributed by atoms with Crippen molar-refractivity contribution >= 4 is 0 Å². The summed E-state index contributed by atoms with van der Waals surface area (Å²) < 4.78 is 4.94. The van der Waals surface area contributed by atoms with E-state index < -0.39 is 0 Å². The molecule has 0 aromatic heterocycles. The van der Waals surface area contributed by atoms with Crippen LogP contribution < -0.4 is 0 Å². The molecule has 0 spiro atoms. The van der Waals surface area contributed by atoms with E-state index in [9.17, 15) is 0 Å². The fourth-order valence-corrected chi connectivity index (χ4v) is 0.840. The lowest BCUT2D eigenvalue weighted by molar-refractivity contribution is 0.129. The van der Waals surface area contributed by atoms with E-state index in [2.05, 4.69) is 13.5 Å². The molecule has 1 N–H and O–H groups in total. The number of rotatable bonds is 6. The van der Waals surface area contributed by atoms with Gasteiger partial charge in [-0.15, -0.1) is 0 Å². The van der Waals surface area contributed by atoms with Crippen LogP contribution in [0, 0.1) is 5.92 Å². The van der Waals surface area contributed by atoms with Crippen molar-refractivity contribution in [2.24, 2.45) is 5.92 Å². The van der Waals surface area contributed by atoms with Gasteiger partial charge in [0, 0.05) is 12.5 Å². The Labute approximate surface area is 62.5 Å². The SMILES string of the molecule is C=COCC(CO)CCC. The lowest BCUT2D eigenvalue weighted by Crippen LogP contribution is -2.11. The Bertz CT molecular complexity index is 81.3. The number of aliphatic hydroxyl groups is 1. The van der Waals surface area contributed by atoms with Gasteiger partial charge < -0.3 is 9.84 Å². The second-order valence-corrected chi connectivity index (χ2v) is 2.34. The van der Waals surface area contributed by atoms with Crippen LogP contribution in [-0.2, 0) is 4.74 Å². The molecule has 0 bridgehead atoms. The molecule has 0 fully saturated rings. The first kappa shape index (κ1) is 9.50. The fraction of sp³-hybridized carbons (Fsp3) is 0.750. The highest BCUT2D eigenvalue weighted by atomic mass is 16.5. The van der Waals surface area contributed by atoms with Gasteiger partial charge in [0.25, 0.3) is 0 Å². The minimum atomic E-state index is 0.210. The number of hydrogen-bond acceptors (Lipinski definition) is 2. The highest BCUT2D eigenvalue weighted by Crippen LogP contribution is 2.05. The number of hydrogen-bond donors (Lipinski definition) is 1. The average molecular weight is 144 g/mol. The summed E-state index contributed by atoms with van der Waals surface area (Å²) in [6.45, 7) is 6.32. The van der Waals surface area contributed by atoms with E-state index in [1.807, 2.05) is 0 Å². The maximum Gasteiger partial charge on any atom is 0.0923 e. The van der Waals surface area contributed by atoms with E-state index in [0.29, 0.717) is 6.61 Å². The third-order valence-corrected chi connectivity index (χ3v) is 1.40. The van der Waals surface area contributed by atoms with Crippen LogP contribution >= 0.6 is 0 Å². The molecule has 0 aromatic rings. The van der Waals surface area contributed by atoms with Gasteiger partial charge in [-0.1, -0.05) is 19.9 Å². The average Bonchev–Trinajstić information content (AvgIpc) is 1.98. The van der Waals surface area contributed by atoms with Gasteiger partial charge in [-0.2, -0.15) is 0 Å². The predicted octanol–water partition coefficient (Wildman–Crippen LogP) is 1.56. The monoisotopic (exact) mass is 144 g/mol. The van der Waals surface area contributed by atoms with Crippen LogP contribution in [-0.4, -0.2) is 18.3 Å². The van der Waals surface area contributed by atoms with Crippen molar-refractivity contribution in [1.82, 2.24) is 0 Å². The van der Waals surface area contributed by atoms with E-state index in [1.54, 1.807) is 0 Å². The van der Waals surface area contributed by atoms with E-state index >= 15 is 0 Å². The second-order valence-electron chi connectivity index (χ2n) is 2.34. The zero-order valence-electron chi connectivity index (χ0n) is 6.55. The Morgan fingerprint density at radius 3 is 2.80 bits per heavy atom. The first-order chi connectivity index (χ1) is 4.85. The Kier molecular flexibility index (Phi) is 6.29. The van der Waals surface area contributed by atoms with Gasteiger partial charge >= 0.3 is 0 Å². The molecule has 1 unspecified atom stereocenters. The Morgan fingerprint density at radius 2 is 2.40 bits per heavy atom. The molecular weight excluding hydrogens is 128 g/mol. The lowest BCUT2D eigenvalue weighted by atomic mass is 10.1. The summed E-state index contributed by atoms with van der Waals surface area (Å²) in [4.78, 5) is 0. The molecular formula is C8H16O2. The highest BCUT2D eigenvalue weighted by molar-refractivity contribution is 4.58. The quantitative estimate of drug-likeness (QED) is 0.573. The molecule has 0 heterocycles. The molecule has 0 radical (unpaired) electrons. The molecule has 0 rings (SSSR count). The van der Waals surface area contributed by atoms with Crippen LogP contribution in [0.1, 0.15) is 19.8 Å². The van der Waals surface area contributed by atoms with Gasteiger partial charge in [0.1, 0.15) is 0 Å². The van der Waals surface area contributed by atoms with Crippen molar-refractivity contribution in [3.63, 3.8) is 0 Å². The Balaban J connectivity index is 3.29. The Hall–Kier alpha value is -0.500.